The molecule has 1 atom stereocenters. The molecule has 0 amide bonds. The van der Waals surface area contributed by atoms with E-state index in [1.165, 1.54) is 5.56 Å². The molecule has 0 fully saturated rings. The van der Waals surface area contributed by atoms with E-state index in [1.54, 1.807) is 0 Å². The second-order valence-electron chi connectivity index (χ2n) is 6.33. The van der Waals surface area contributed by atoms with Crippen LogP contribution in [0.15, 0.2) is 42.7 Å². The Morgan fingerprint density at radius 3 is 2.08 bits per heavy atom. The van der Waals surface area contributed by atoms with E-state index in [4.69, 9.17) is 13.3 Å². The van der Waals surface area contributed by atoms with E-state index in [9.17, 15) is 0 Å². The SMILES string of the molecule is CCO[Si](OCC)(OCC)C(CC)N1C=CN(CCc2ccccc2)C1. The fourth-order valence-electron chi connectivity index (χ4n) is 3.45. The lowest BCUT2D eigenvalue weighted by Gasteiger charge is -2.39. The Hall–Kier alpha value is -1.34. The Labute approximate surface area is 159 Å². The molecule has 0 saturated heterocycles. The van der Waals surface area contributed by atoms with Crippen LogP contribution < -0.4 is 0 Å². The standard InChI is InChI=1S/C20H34N2O3Si/c1-5-20(26(23-6-2,24-7-3)25-8-4)22-17-16-21(18-22)15-14-19-12-10-9-11-13-19/h9-13,16-17,20H,5-8,14-15,18H2,1-4H3. The molecule has 1 aromatic rings. The highest BCUT2D eigenvalue weighted by Gasteiger charge is 2.51. The van der Waals surface area contributed by atoms with Crippen LogP contribution in [0.5, 0.6) is 0 Å². The van der Waals surface area contributed by atoms with Gasteiger partial charge >= 0.3 is 8.80 Å². The van der Waals surface area contributed by atoms with Gasteiger partial charge in [0, 0.05) is 38.8 Å². The molecule has 1 heterocycles. The molecule has 6 heteroatoms. The first-order valence-corrected chi connectivity index (χ1v) is 11.6. The quantitative estimate of drug-likeness (QED) is 0.519. The van der Waals surface area contributed by atoms with Crippen LogP contribution in [-0.2, 0) is 19.7 Å². The van der Waals surface area contributed by atoms with Crippen molar-refractivity contribution in [3.05, 3.63) is 48.3 Å². The molecule has 1 aromatic carbocycles. The Morgan fingerprint density at radius 1 is 0.923 bits per heavy atom. The summed E-state index contributed by atoms with van der Waals surface area (Å²) in [5.41, 5.74) is 1.51. The molecule has 1 unspecified atom stereocenters. The zero-order valence-corrected chi connectivity index (χ0v) is 17.7. The maximum Gasteiger partial charge on any atom is 0.524 e. The van der Waals surface area contributed by atoms with Gasteiger partial charge in [0.1, 0.15) is 0 Å². The second-order valence-corrected chi connectivity index (χ2v) is 9.07. The van der Waals surface area contributed by atoms with Crippen molar-refractivity contribution >= 4 is 8.80 Å². The zero-order valence-electron chi connectivity index (χ0n) is 16.7. The van der Waals surface area contributed by atoms with Crippen LogP contribution in [0, 0.1) is 0 Å². The summed E-state index contributed by atoms with van der Waals surface area (Å²) in [7, 11) is -2.76. The zero-order chi connectivity index (χ0) is 18.8. The normalized spacial score (nSPS) is 15.7. The highest BCUT2D eigenvalue weighted by atomic mass is 28.4. The topological polar surface area (TPSA) is 34.2 Å². The summed E-state index contributed by atoms with van der Waals surface area (Å²) in [6, 6.07) is 10.6. The van der Waals surface area contributed by atoms with Crippen molar-refractivity contribution in [1.82, 2.24) is 9.80 Å². The van der Waals surface area contributed by atoms with Crippen molar-refractivity contribution in [2.24, 2.45) is 0 Å². The summed E-state index contributed by atoms with van der Waals surface area (Å²) in [6.45, 7) is 11.9. The molecule has 0 spiro atoms. The summed E-state index contributed by atoms with van der Waals surface area (Å²) >= 11 is 0. The van der Waals surface area contributed by atoms with Gasteiger partial charge in [-0.2, -0.15) is 0 Å². The van der Waals surface area contributed by atoms with E-state index >= 15 is 0 Å². The van der Waals surface area contributed by atoms with E-state index in [0.717, 1.165) is 26.1 Å². The molecule has 0 saturated carbocycles. The Kier molecular flexibility index (Phi) is 8.64. The van der Waals surface area contributed by atoms with Crippen molar-refractivity contribution in [2.75, 3.05) is 33.0 Å². The van der Waals surface area contributed by atoms with Crippen molar-refractivity contribution in [3.63, 3.8) is 0 Å². The van der Waals surface area contributed by atoms with E-state index in [0.29, 0.717) is 19.8 Å². The largest absolute Gasteiger partial charge is 0.524 e. The summed E-state index contributed by atoms with van der Waals surface area (Å²) in [5, 5.41) is 0. The first-order chi connectivity index (χ1) is 12.7. The van der Waals surface area contributed by atoms with Crippen molar-refractivity contribution in [2.45, 2.75) is 46.2 Å². The lowest BCUT2D eigenvalue weighted by molar-refractivity contribution is 0.0393. The van der Waals surface area contributed by atoms with Crippen LogP contribution >= 0.6 is 0 Å². The Bertz CT molecular complexity index is 524. The van der Waals surface area contributed by atoms with Gasteiger partial charge in [0.15, 0.2) is 0 Å². The van der Waals surface area contributed by atoms with Gasteiger partial charge in [-0.3, -0.25) is 0 Å². The average molecular weight is 379 g/mol. The summed E-state index contributed by atoms with van der Waals surface area (Å²) in [5.74, 6) is 0. The molecule has 146 valence electrons. The van der Waals surface area contributed by atoms with Crippen LogP contribution in [0.4, 0.5) is 0 Å². The van der Waals surface area contributed by atoms with Gasteiger partial charge < -0.3 is 23.1 Å². The minimum Gasteiger partial charge on any atom is -0.373 e. The van der Waals surface area contributed by atoms with Gasteiger partial charge in [0.2, 0.25) is 0 Å². The molecular formula is C20H34N2O3Si. The van der Waals surface area contributed by atoms with E-state index < -0.39 is 8.80 Å². The lowest BCUT2D eigenvalue weighted by atomic mass is 10.1. The third-order valence-electron chi connectivity index (χ3n) is 4.58. The molecule has 5 nitrogen and oxygen atoms in total. The average Bonchev–Trinajstić information content (AvgIpc) is 3.11. The maximum atomic E-state index is 6.14. The lowest BCUT2D eigenvalue weighted by Crippen LogP contribution is -2.62. The monoisotopic (exact) mass is 378 g/mol. The van der Waals surface area contributed by atoms with Crippen LogP contribution in [0.3, 0.4) is 0 Å². The van der Waals surface area contributed by atoms with Gasteiger partial charge in [0.25, 0.3) is 0 Å². The van der Waals surface area contributed by atoms with Gasteiger partial charge in [-0.15, -0.1) is 0 Å². The van der Waals surface area contributed by atoms with Gasteiger partial charge in [-0.1, -0.05) is 37.3 Å². The minimum atomic E-state index is -2.76. The highest BCUT2D eigenvalue weighted by molar-refractivity contribution is 6.62. The maximum absolute atomic E-state index is 6.14. The number of rotatable bonds is 12. The van der Waals surface area contributed by atoms with Crippen LogP contribution in [-0.4, -0.2) is 57.3 Å². The van der Waals surface area contributed by atoms with Gasteiger partial charge in [0.05, 0.1) is 12.3 Å². The predicted octanol–water partition coefficient (Wildman–Crippen LogP) is 3.64. The fraction of sp³-hybridized carbons (Fsp3) is 0.600. The molecular weight excluding hydrogens is 344 g/mol. The Balaban J connectivity index is 2.01. The second kappa shape index (κ2) is 10.7. The van der Waals surface area contributed by atoms with E-state index in [1.807, 2.05) is 20.8 Å². The number of nitrogens with zero attached hydrogens (tertiary/aromatic N) is 2. The van der Waals surface area contributed by atoms with Gasteiger partial charge in [-0.05, 0) is 39.2 Å². The molecule has 26 heavy (non-hydrogen) atoms. The molecule has 0 N–H and O–H groups in total. The van der Waals surface area contributed by atoms with Crippen LogP contribution in [0.1, 0.15) is 39.7 Å². The summed E-state index contributed by atoms with van der Waals surface area (Å²) < 4.78 is 18.4. The molecule has 1 aliphatic heterocycles. The fourth-order valence-corrected chi connectivity index (χ4v) is 6.56. The molecule has 1 aliphatic rings. The third-order valence-corrected chi connectivity index (χ3v) is 8.21. The minimum absolute atomic E-state index is 0.139. The van der Waals surface area contributed by atoms with Crippen LogP contribution in [0.25, 0.3) is 0 Å². The number of hydrogen-bond donors (Lipinski definition) is 0. The van der Waals surface area contributed by atoms with Crippen LogP contribution in [0.2, 0.25) is 0 Å². The Morgan fingerprint density at radius 2 is 1.54 bits per heavy atom. The van der Waals surface area contributed by atoms with Crippen molar-refractivity contribution < 1.29 is 13.3 Å². The first-order valence-electron chi connectivity index (χ1n) is 9.82. The van der Waals surface area contributed by atoms with E-state index in [2.05, 4.69) is 59.5 Å². The predicted molar refractivity (Wildman–Crippen MR) is 107 cm³/mol. The number of benzene rings is 1. The van der Waals surface area contributed by atoms with E-state index in [-0.39, 0.29) is 5.67 Å². The summed E-state index contributed by atoms with van der Waals surface area (Å²) in [4.78, 5) is 4.68. The molecule has 0 bridgehead atoms. The molecule has 0 radical (unpaired) electrons. The number of hydrogen-bond acceptors (Lipinski definition) is 5. The van der Waals surface area contributed by atoms with Gasteiger partial charge in [-0.25, -0.2) is 0 Å². The summed E-state index contributed by atoms with van der Waals surface area (Å²) in [6.07, 6.45) is 6.32. The van der Waals surface area contributed by atoms with Crippen molar-refractivity contribution in [1.29, 1.82) is 0 Å². The molecule has 0 aromatic heterocycles. The smallest absolute Gasteiger partial charge is 0.373 e. The highest BCUT2D eigenvalue weighted by Crippen LogP contribution is 2.25. The first kappa shape index (κ1) is 21.0. The third kappa shape index (κ3) is 5.33. The van der Waals surface area contributed by atoms with Crippen molar-refractivity contribution in [3.8, 4) is 0 Å². The molecule has 2 rings (SSSR count). The molecule has 0 aliphatic carbocycles.